The molecule has 0 aliphatic rings. The Kier molecular flexibility index (Phi) is 8.12. The molecule has 1 aromatic heterocycles. The highest BCUT2D eigenvalue weighted by molar-refractivity contribution is 7.89. The van der Waals surface area contributed by atoms with Crippen molar-refractivity contribution in [2.24, 2.45) is 0 Å². The minimum atomic E-state index is -3.89. The molecule has 0 aliphatic heterocycles. The van der Waals surface area contributed by atoms with Gasteiger partial charge in [-0.2, -0.15) is 4.31 Å². The van der Waals surface area contributed by atoms with E-state index in [-0.39, 0.29) is 13.1 Å². The third kappa shape index (κ3) is 5.92. The lowest BCUT2D eigenvalue weighted by Gasteiger charge is -2.28. The van der Waals surface area contributed by atoms with Crippen LogP contribution in [0.15, 0.2) is 48.5 Å². The zero-order valence-corrected chi connectivity index (χ0v) is 21.1. The number of aromatic nitrogens is 1. The van der Waals surface area contributed by atoms with E-state index in [2.05, 4.69) is 4.98 Å². The lowest BCUT2D eigenvalue weighted by molar-refractivity contribution is 0.171. The smallest absolute Gasteiger partial charge is 0.220 e. The number of ether oxygens (including phenoxy) is 2. The van der Waals surface area contributed by atoms with Crippen LogP contribution in [-0.2, 0) is 23.1 Å². The van der Waals surface area contributed by atoms with Gasteiger partial charge in [-0.3, -0.25) is 0 Å². The number of hydrogen-bond acceptors (Lipinski definition) is 7. The summed E-state index contributed by atoms with van der Waals surface area (Å²) in [6.07, 6.45) is -1.22. The van der Waals surface area contributed by atoms with Gasteiger partial charge in [0.05, 0.1) is 19.9 Å². The first kappa shape index (κ1) is 25.2. The van der Waals surface area contributed by atoms with Gasteiger partial charge in [0.25, 0.3) is 0 Å². The molecule has 3 aromatic rings. The number of aliphatic hydroxyl groups is 1. The van der Waals surface area contributed by atoms with Crippen LogP contribution in [-0.4, -0.2) is 42.3 Å². The largest absolute Gasteiger partial charge is 0.497 e. The number of aryl methyl sites for hydroxylation is 2. The monoisotopic (exact) mass is 490 g/mol. The first-order valence-corrected chi connectivity index (χ1v) is 12.8. The Morgan fingerprint density at radius 2 is 1.39 bits per heavy atom. The summed E-state index contributed by atoms with van der Waals surface area (Å²) in [6, 6.07) is 14.5. The molecule has 2 aromatic carbocycles. The Bertz CT molecular complexity index is 1090. The molecule has 0 amide bonds. The molecule has 33 heavy (non-hydrogen) atoms. The molecule has 178 valence electrons. The number of hydrogen-bond donors (Lipinski definition) is 1. The third-order valence-electron chi connectivity index (χ3n) is 5.61. The van der Waals surface area contributed by atoms with Crippen molar-refractivity contribution in [2.75, 3.05) is 14.2 Å². The maximum Gasteiger partial charge on any atom is 0.220 e. The van der Waals surface area contributed by atoms with Crippen LogP contribution < -0.4 is 9.47 Å². The first-order chi connectivity index (χ1) is 15.6. The number of benzene rings is 2. The second kappa shape index (κ2) is 10.6. The molecule has 0 unspecified atom stereocenters. The van der Waals surface area contributed by atoms with Crippen LogP contribution in [0.5, 0.6) is 11.5 Å². The van der Waals surface area contributed by atoms with Crippen molar-refractivity contribution in [3.05, 3.63) is 75.2 Å². The van der Waals surface area contributed by atoms with Crippen LogP contribution in [0.25, 0.3) is 0 Å². The van der Waals surface area contributed by atoms with Crippen molar-refractivity contribution in [1.29, 1.82) is 0 Å². The van der Waals surface area contributed by atoms with Crippen LogP contribution in [0.3, 0.4) is 0 Å². The number of methoxy groups -OCH3 is 2. The summed E-state index contributed by atoms with van der Waals surface area (Å²) in [5.41, 5.74) is 2.43. The third-order valence-corrected chi connectivity index (χ3v) is 8.93. The maximum atomic E-state index is 13.7. The average molecular weight is 491 g/mol. The molecule has 2 atom stereocenters. The maximum absolute atomic E-state index is 13.7. The molecule has 0 radical (unpaired) electrons. The lowest BCUT2D eigenvalue weighted by Crippen LogP contribution is -2.39. The summed E-state index contributed by atoms with van der Waals surface area (Å²) in [5.74, 6) is 1.39. The van der Waals surface area contributed by atoms with Gasteiger partial charge in [-0.15, -0.1) is 11.3 Å². The molecule has 0 spiro atoms. The number of rotatable bonds is 10. The summed E-state index contributed by atoms with van der Waals surface area (Å²) in [4.78, 5) is 5.33. The molecule has 0 aliphatic carbocycles. The van der Waals surface area contributed by atoms with Crippen molar-refractivity contribution >= 4 is 21.4 Å². The van der Waals surface area contributed by atoms with Gasteiger partial charge in [-0.1, -0.05) is 24.3 Å². The minimum Gasteiger partial charge on any atom is -0.497 e. The van der Waals surface area contributed by atoms with E-state index in [1.807, 2.05) is 38.1 Å². The Morgan fingerprint density at radius 1 is 0.939 bits per heavy atom. The second-order valence-corrected chi connectivity index (χ2v) is 11.4. The molecule has 0 bridgehead atoms. The van der Waals surface area contributed by atoms with Gasteiger partial charge in [0.1, 0.15) is 27.9 Å². The Labute approximate surface area is 199 Å². The molecule has 0 fully saturated rings. The highest BCUT2D eigenvalue weighted by Crippen LogP contribution is 2.30. The minimum absolute atomic E-state index is 0.158. The van der Waals surface area contributed by atoms with Gasteiger partial charge in [0.15, 0.2) is 0 Å². The summed E-state index contributed by atoms with van der Waals surface area (Å²) >= 11 is 1.32. The molecule has 1 N–H and O–H groups in total. The van der Waals surface area contributed by atoms with Gasteiger partial charge >= 0.3 is 0 Å². The molecule has 0 saturated heterocycles. The average Bonchev–Trinajstić information content (AvgIpc) is 3.16. The zero-order chi connectivity index (χ0) is 24.2. The Morgan fingerprint density at radius 3 is 1.76 bits per heavy atom. The summed E-state index contributed by atoms with van der Waals surface area (Å²) in [5, 5.41) is 10.2. The second-order valence-electron chi connectivity index (χ2n) is 7.85. The standard InChI is InChI=1S/C24H30N2O5S2/c1-16-17(2)32-24(25-16)23(27)18(3)33(28,29)26(14-19-6-10-21(30-4)11-7-19)15-20-8-12-22(31-5)13-9-20/h6-13,18,23,27H,14-15H2,1-5H3/t18-,23+/m0/s1. The number of aliphatic hydroxyl groups excluding tert-OH is 1. The van der Waals surface area contributed by atoms with E-state index in [0.29, 0.717) is 16.5 Å². The fourth-order valence-corrected chi connectivity index (χ4v) is 6.01. The van der Waals surface area contributed by atoms with Crippen LogP contribution in [0.4, 0.5) is 0 Å². The van der Waals surface area contributed by atoms with E-state index in [9.17, 15) is 13.5 Å². The molecule has 3 rings (SSSR count). The topological polar surface area (TPSA) is 89.0 Å². The molecule has 9 heteroatoms. The zero-order valence-electron chi connectivity index (χ0n) is 19.5. The number of thiazole rings is 1. The molecular formula is C24H30N2O5S2. The van der Waals surface area contributed by atoms with Gasteiger partial charge in [0.2, 0.25) is 10.0 Å². The molecular weight excluding hydrogens is 460 g/mol. The highest BCUT2D eigenvalue weighted by atomic mass is 32.2. The number of sulfonamides is 1. The van der Waals surface area contributed by atoms with Gasteiger partial charge in [-0.05, 0) is 56.2 Å². The summed E-state index contributed by atoms with van der Waals surface area (Å²) in [7, 11) is -0.725. The molecule has 7 nitrogen and oxygen atoms in total. The van der Waals surface area contributed by atoms with Crippen LogP contribution in [0.1, 0.15) is 39.7 Å². The van der Waals surface area contributed by atoms with E-state index in [4.69, 9.17) is 9.47 Å². The molecule has 1 heterocycles. The van der Waals surface area contributed by atoms with Crippen LogP contribution in [0, 0.1) is 13.8 Å². The normalized spacial score (nSPS) is 13.7. The van der Waals surface area contributed by atoms with E-state index < -0.39 is 21.4 Å². The predicted molar refractivity (Wildman–Crippen MR) is 130 cm³/mol. The fraction of sp³-hybridized carbons (Fsp3) is 0.375. The van der Waals surface area contributed by atoms with Gasteiger partial charge in [0, 0.05) is 18.0 Å². The van der Waals surface area contributed by atoms with E-state index in [1.54, 1.807) is 38.5 Å². The van der Waals surface area contributed by atoms with Crippen molar-refractivity contribution < 1.29 is 23.0 Å². The van der Waals surface area contributed by atoms with E-state index in [0.717, 1.165) is 21.7 Å². The SMILES string of the molecule is COc1ccc(CN(Cc2ccc(OC)cc2)S(=O)(=O)[C@@H](C)[C@@H](O)c2nc(C)c(C)s2)cc1. The summed E-state index contributed by atoms with van der Waals surface area (Å²) in [6.45, 7) is 5.60. The number of nitrogens with zero attached hydrogens (tertiary/aromatic N) is 2. The van der Waals surface area contributed by atoms with Gasteiger partial charge < -0.3 is 14.6 Å². The van der Waals surface area contributed by atoms with E-state index >= 15 is 0 Å². The van der Waals surface area contributed by atoms with Crippen LogP contribution >= 0.6 is 11.3 Å². The van der Waals surface area contributed by atoms with E-state index in [1.165, 1.54) is 22.6 Å². The van der Waals surface area contributed by atoms with Crippen molar-refractivity contribution in [3.63, 3.8) is 0 Å². The van der Waals surface area contributed by atoms with Crippen LogP contribution in [0.2, 0.25) is 0 Å². The summed E-state index contributed by atoms with van der Waals surface area (Å²) < 4.78 is 39.2. The fourth-order valence-electron chi connectivity index (χ4n) is 3.33. The highest BCUT2D eigenvalue weighted by Gasteiger charge is 2.36. The van der Waals surface area contributed by atoms with Crippen molar-refractivity contribution in [2.45, 2.75) is 45.2 Å². The lowest BCUT2D eigenvalue weighted by atomic mass is 10.2. The Balaban J connectivity index is 1.91. The first-order valence-electron chi connectivity index (χ1n) is 10.5. The Hall–Kier alpha value is -2.46. The predicted octanol–water partition coefficient (Wildman–Crippen LogP) is 4.23. The van der Waals surface area contributed by atoms with Gasteiger partial charge in [-0.25, -0.2) is 13.4 Å². The van der Waals surface area contributed by atoms with Crippen molar-refractivity contribution in [3.8, 4) is 11.5 Å². The van der Waals surface area contributed by atoms with Crippen molar-refractivity contribution in [1.82, 2.24) is 9.29 Å². The molecule has 0 saturated carbocycles. The quantitative estimate of drug-likeness (QED) is 0.458.